The van der Waals surface area contributed by atoms with E-state index < -0.39 is 17.9 Å². The van der Waals surface area contributed by atoms with E-state index in [1.165, 1.54) is 0 Å². The van der Waals surface area contributed by atoms with Gasteiger partial charge in [-0.2, -0.15) is 0 Å². The molecule has 0 radical (unpaired) electrons. The number of rotatable bonds is 8. The molecule has 0 spiro atoms. The lowest BCUT2D eigenvalue weighted by atomic mass is 9.95. The number of hydrogen-bond donors (Lipinski definition) is 3. The molecule has 8 heteroatoms. The van der Waals surface area contributed by atoms with Gasteiger partial charge in [-0.3, -0.25) is 14.9 Å². The number of aliphatic hydroxyl groups excluding tert-OH is 1. The van der Waals surface area contributed by atoms with E-state index in [1.807, 2.05) is 54.0 Å². The van der Waals surface area contributed by atoms with Crippen molar-refractivity contribution in [3.05, 3.63) is 66.0 Å². The van der Waals surface area contributed by atoms with Gasteiger partial charge in [0.25, 0.3) is 11.8 Å². The largest absolute Gasteiger partial charge is 0.496 e. The number of carbonyl (C=O) groups is 2. The maximum atomic E-state index is 13.1. The Bertz CT molecular complexity index is 1450. The van der Waals surface area contributed by atoms with Gasteiger partial charge in [0.2, 0.25) is 0 Å². The second-order valence-corrected chi connectivity index (χ2v) is 8.14. The topological polar surface area (TPSA) is 106 Å². The maximum absolute atomic E-state index is 13.1. The molecule has 0 saturated heterocycles. The second kappa shape index (κ2) is 8.81. The van der Waals surface area contributed by atoms with Crippen LogP contribution >= 0.6 is 0 Å². The number of H-pyrrole nitrogens is 1. The van der Waals surface area contributed by atoms with Gasteiger partial charge >= 0.3 is 0 Å². The summed E-state index contributed by atoms with van der Waals surface area (Å²) in [6.07, 6.45) is 2.81. The smallest absolute Gasteiger partial charge is 0.259 e. The van der Waals surface area contributed by atoms with E-state index in [1.54, 1.807) is 19.5 Å². The average Bonchev–Trinajstić information content (AvgIpc) is 3.50. The second-order valence-electron chi connectivity index (χ2n) is 8.14. The van der Waals surface area contributed by atoms with E-state index in [2.05, 4.69) is 10.3 Å². The number of fused-ring (bicyclic) bond motifs is 2. The Morgan fingerprint density at radius 2 is 1.79 bits per heavy atom. The predicted octanol–water partition coefficient (Wildman–Crippen LogP) is 3.10. The van der Waals surface area contributed by atoms with Gasteiger partial charge in [-0.05, 0) is 25.1 Å². The van der Waals surface area contributed by atoms with Crippen molar-refractivity contribution in [2.24, 2.45) is 0 Å². The summed E-state index contributed by atoms with van der Waals surface area (Å²) in [6.45, 7) is 2.83. The Balaban J connectivity index is 1.75. The molecule has 0 aliphatic carbocycles. The van der Waals surface area contributed by atoms with Crippen LogP contribution in [-0.4, -0.2) is 52.9 Å². The summed E-state index contributed by atoms with van der Waals surface area (Å²) in [6, 6.07) is 13.2. The first-order valence-electron chi connectivity index (χ1n) is 11.1. The Kier molecular flexibility index (Phi) is 5.69. The van der Waals surface area contributed by atoms with Gasteiger partial charge in [0.05, 0.1) is 43.0 Å². The number of ether oxygens (including phenoxy) is 2. The lowest BCUT2D eigenvalue weighted by molar-refractivity contribution is -0.122. The number of benzene rings is 2. The zero-order chi connectivity index (χ0) is 23.8. The summed E-state index contributed by atoms with van der Waals surface area (Å²) in [4.78, 5) is 29.3. The lowest BCUT2D eigenvalue weighted by Crippen LogP contribution is -2.22. The SMILES string of the molecule is CCOCC(O)Cn1cc(C2=C(c3c[nH]c4ccccc34)C(=O)NC2=O)c2c(OC)cccc21. The molecule has 1 aliphatic rings. The van der Waals surface area contributed by atoms with E-state index in [4.69, 9.17) is 9.47 Å². The molecular formula is C26H25N3O5. The predicted molar refractivity (Wildman–Crippen MR) is 129 cm³/mol. The summed E-state index contributed by atoms with van der Waals surface area (Å²) >= 11 is 0. The minimum atomic E-state index is -0.740. The molecular weight excluding hydrogens is 434 g/mol. The van der Waals surface area contributed by atoms with Crippen LogP contribution in [-0.2, 0) is 20.9 Å². The zero-order valence-corrected chi connectivity index (χ0v) is 18.9. The number of hydrogen-bond acceptors (Lipinski definition) is 5. The van der Waals surface area contributed by atoms with E-state index >= 15 is 0 Å². The van der Waals surface area contributed by atoms with Gasteiger partial charge in [-0.25, -0.2) is 0 Å². The summed E-state index contributed by atoms with van der Waals surface area (Å²) in [5.74, 6) is -0.342. The molecule has 1 unspecified atom stereocenters. The average molecular weight is 460 g/mol. The first-order chi connectivity index (χ1) is 16.5. The molecule has 174 valence electrons. The highest BCUT2D eigenvalue weighted by Crippen LogP contribution is 2.41. The van der Waals surface area contributed by atoms with Crippen molar-refractivity contribution in [2.75, 3.05) is 20.3 Å². The Labute approximate surface area is 195 Å². The van der Waals surface area contributed by atoms with Crippen molar-refractivity contribution in [1.82, 2.24) is 14.9 Å². The molecule has 3 heterocycles. The number of aromatic amines is 1. The van der Waals surface area contributed by atoms with Crippen LogP contribution < -0.4 is 10.1 Å². The van der Waals surface area contributed by atoms with E-state index in [9.17, 15) is 14.7 Å². The molecule has 34 heavy (non-hydrogen) atoms. The van der Waals surface area contributed by atoms with Gasteiger partial charge in [0.15, 0.2) is 0 Å². The molecule has 0 fully saturated rings. The number of imide groups is 1. The molecule has 3 N–H and O–H groups in total. The van der Waals surface area contributed by atoms with Gasteiger partial charge < -0.3 is 24.1 Å². The number of nitrogens with one attached hydrogen (secondary N) is 2. The minimum absolute atomic E-state index is 0.192. The molecule has 4 aromatic rings. The highest BCUT2D eigenvalue weighted by atomic mass is 16.5. The van der Waals surface area contributed by atoms with Gasteiger partial charge in [0.1, 0.15) is 5.75 Å². The molecule has 1 atom stereocenters. The standard InChI is InChI=1S/C26H25N3O5/c1-3-34-14-15(30)12-29-13-18(22-20(29)9-6-10-21(22)33-2)24-23(25(31)28-26(24)32)17-11-27-19-8-5-4-7-16(17)19/h4-11,13,15,27,30H,3,12,14H2,1-2H3,(H,28,31,32). The van der Waals surface area contributed by atoms with Crippen LogP contribution in [0.4, 0.5) is 0 Å². The third-order valence-corrected chi connectivity index (χ3v) is 6.07. The van der Waals surface area contributed by atoms with Crippen molar-refractivity contribution in [3.63, 3.8) is 0 Å². The highest BCUT2D eigenvalue weighted by Gasteiger charge is 2.35. The highest BCUT2D eigenvalue weighted by molar-refractivity contribution is 6.51. The lowest BCUT2D eigenvalue weighted by Gasteiger charge is -2.12. The van der Waals surface area contributed by atoms with Crippen molar-refractivity contribution in [2.45, 2.75) is 19.6 Å². The number of para-hydroxylation sites is 1. The summed E-state index contributed by atoms with van der Waals surface area (Å²) < 4.78 is 12.9. The molecule has 2 aromatic carbocycles. The van der Waals surface area contributed by atoms with Gasteiger partial charge in [-0.15, -0.1) is 0 Å². The van der Waals surface area contributed by atoms with Crippen LogP contribution in [0.25, 0.3) is 33.0 Å². The molecule has 5 rings (SSSR count). The van der Waals surface area contributed by atoms with Crippen LogP contribution in [0.1, 0.15) is 18.1 Å². The third-order valence-electron chi connectivity index (χ3n) is 6.07. The fourth-order valence-electron chi connectivity index (χ4n) is 4.61. The zero-order valence-electron chi connectivity index (χ0n) is 18.9. The van der Waals surface area contributed by atoms with Gasteiger partial charge in [-0.1, -0.05) is 24.3 Å². The summed E-state index contributed by atoms with van der Waals surface area (Å²) in [5.41, 5.74) is 3.46. The number of aliphatic hydroxyl groups is 1. The Hall–Kier alpha value is -3.88. The van der Waals surface area contributed by atoms with Gasteiger partial charge in [0, 0.05) is 46.4 Å². The summed E-state index contributed by atoms with van der Waals surface area (Å²) in [7, 11) is 1.56. The number of nitrogens with zero attached hydrogens (tertiary/aromatic N) is 1. The van der Waals surface area contributed by atoms with Crippen LogP contribution in [0, 0.1) is 0 Å². The van der Waals surface area contributed by atoms with Crippen molar-refractivity contribution in [1.29, 1.82) is 0 Å². The first kappa shape index (κ1) is 21.9. The van der Waals surface area contributed by atoms with E-state index in [0.29, 0.717) is 34.4 Å². The van der Waals surface area contributed by atoms with Crippen molar-refractivity contribution in [3.8, 4) is 5.75 Å². The Morgan fingerprint density at radius 1 is 1.03 bits per heavy atom. The Morgan fingerprint density at radius 3 is 2.56 bits per heavy atom. The monoisotopic (exact) mass is 459 g/mol. The van der Waals surface area contributed by atoms with Crippen LogP contribution in [0.2, 0.25) is 0 Å². The number of carbonyl (C=O) groups excluding carboxylic acids is 2. The number of methoxy groups -OCH3 is 1. The summed E-state index contributed by atoms with van der Waals surface area (Å²) in [5, 5.41) is 14.5. The number of aromatic nitrogens is 2. The normalized spacial score (nSPS) is 14.9. The number of amides is 2. The fraction of sp³-hybridized carbons (Fsp3) is 0.231. The molecule has 2 aromatic heterocycles. The van der Waals surface area contributed by atoms with Crippen LogP contribution in [0.5, 0.6) is 5.75 Å². The third kappa shape index (κ3) is 3.57. The van der Waals surface area contributed by atoms with E-state index in [-0.39, 0.29) is 18.7 Å². The fourth-order valence-corrected chi connectivity index (χ4v) is 4.61. The molecule has 2 amide bonds. The molecule has 0 saturated carbocycles. The molecule has 0 bridgehead atoms. The van der Waals surface area contributed by atoms with Crippen LogP contribution in [0.3, 0.4) is 0 Å². The minimum Gasteiger partial charge on any atom is -0.496 e. The van der Waals surface area contributed by atoms with E-state index in [0.717, 1.165) is 16.4 Å². The molecule has 8 nitrogen and oxygen atoms in total. The first-order valence-corrected chi connectivity index (χ1v) is 11.1. The van der Waals surface area contributed by atoms with Crippen molar-refractivity contribution >= 4 is 44.8 Å². The van der Waals surface area contributed by atoms with Crippen molar-refractivity contribution < 1.29 is 24.2 Å². The maximum Gasteiger partial charge on any atom is 0.259 e. The quantitative estimate of drug-likeness (QED) is 0.351. The molecule has 1 aliphatic heterocycles. The van der Waals surface area contributed by atoms with Crippen LogP contribution in [0.15, 0.2) is 54.9 Å².